The van der Waals surface area contributed by atoms with E-state index < -0.39 is 0 Å². The van der Waals surface area contributed by atoms with Crippen LogP contribution in [-0.4, -0.2) is 44.1 Å². The molecule has 0 fully saturated rings. The number of benzene rings is 2. The Morgan fingerprint density at radius 1 is 0.929 bits per heavy atom. The normalized spacial score (nSPS) is 13.9. The largest absolute Gasteiger partial charge is 0.338 e. The van der Waals surface area contributed by atoms with Crippen LogP contribution in [0, 0.1) is 0 Å². The summed E-state index contributed by atoms with van der Waals surface area (Å²) in [4.78, 5) is 23.6. The first kappa shape index (κ1) is 16.6. The van der Waals surface area contributed by atoms with Crippen molar-refractivity contribution >= 4 is 16.9 Å². The van der Waals surface area contributed by atoms with E-state index in [0.717, 1.165) is 40.8 Å². The summed E-state index contributed by atoms with van der Waals surface area (Å²) >= 11 is 0. The highest BCUT2D eigenvalue weighted by Crippen LogP contribution is 2.27. The molecule has 0 spiro atoms. The Morgan fingerprint density at radius 2 is 1.71 bits per heavy atom. The number of nitrogens with zero attached hydrogens (tertiary/aromatic N) is 4. The van der Waals surface area contributed by atoms with Gasteiger partial charge >= 0.3 is 0 Å². The van der Waals surface area contributed by atoms with Crippen molar-refractivity contribution in [2.24, 2.45) is 0 Å². The zero-order valence-electron chi connectivity index (χ0n) is 15.3. The van der Waals surface area contributed by atoms with E-state index in [1.807, 2.05) is 41.3 Å². The number of rotatable bonds is 2. The van der Waals surface area contributed by atoms with Crippen LogP contribution < -0.4 is 0 Å². The van der Waals surface area contributed by atoms with Gasteiger partial charge in [-0.05, 0) is 24.6 Å². The van der Waals surface area contributed by atoms with Crippen LogP contribution in [0.25, 0.3) is 22.3 Å². The minimum atomic E-state index is 0.0342. The molecule has 6 heteroatoms. The van der Waals surface area contributed by atoms with Gasteiger partial charge in [0.25, 0.3) is 5.91 Å². The van der Waals surface area contributed by atoms with Gasteiger partial charge in [-0.25, -0.2) is 0 Å². The van der Waals surface area contributed by atoms with E-state index in [-0.39, 0.29) is 5.91 Å². The van der Waals surface area contributed by atoms with Gasteiger partial charge in [-0.3, -0.25) is 19.9 Å². The lowest BCUT2D eigenvalue weighted by atomic mass is 10.0. The number of hydrogen-bond donors (Lipinski definition) is 1. The van der Waals surface area contributed by atoms with Gasteiger partial charge in [0.15, 0.2) is 0 Å². The summed E-state index contributed by atoms with van der Waals surface area (Å²) in [5, 5.41) is 7.71. The standard InChI is InChI=1S/C22H19N5O/c28-22(16-6-7-19-20(14-16)24-11-10-23-19)27-12-8-17-18(9-13-27)25-26-21(17)15-4-2-1-3-5-15/h1-7,10-11,14H,8-9,12-13H2,(H,25,26). The van der Waals surface area contributed by atoms with Gasteiger partial charge in [0.05, 0.1) is 16.7 Å². The summed E-state index contributed by atoms with van der Waals surface area (Å²) in [6.07, 6.45) is 4.86. The molecule has 1 N–H and O–H groups in total. The van der Waals surface area contributed by atoms with E-state index in [0.29, 0.717) is 18.7 Å². The van der Waals surface area contributed by atoms with Crippen LogP contribution in [0.3, 0.4) is 0 Å². The third kappa shape index (κ3) is 2.93. The predicted molar refractivity (Wildman–Crippen MR) is 107 cm³/mol. The van der Waals surface area contributed by atoms with Crippen molar-refractivity contribution in [1.29, 1.82) is 0 Å². The second-order valence-corrected chi connectivity index (χ2v) is 6.95. The fraction of sp³-hybridized carbons (Fsp3) is 0.182. The van der Waals surface area contributed by atoms with Gasteiger partial charge < -0.3 is 4.90 Å². The van der Waals surface area contributed by atoms with Gasteiger partial charge in [-0.2, -0.15) is 5.10 Å². The highest BCUT2D eigenvalue weighted by Gasteiger charge is 2.23. The molecule has 0 aliphatic carbocycles. The third-order valence-corrected chi connectivity index (χ3v) is 5.27. The second-order valence-electron chi connectivity index (χ2n) is 6.95. The monoisotopic (exact) mass is 369 g/mol. The molecule has 28 heavy (non-hydrogen) atoms. The summed E-state index contributed by atoms with van der Waals surface area (Å²) in [6, 6.07) is 15.7. The third-order valence-electron chi connectivity index (χ3n) is 5.27. The molecule has 1 amide bonds. The zero-order chi connectivity index (χ0) is 18.9. The number of amides is 1. The fourth-order valence-electron chi connectivity index (χ4n) is 3.80. The molecule has 0 unspecified atom stereocenters. The molecule has 0 saturated carbocycles. The lowest BCUT2D eigenvalue weighted by molar-refractivity contribution is 0.0763. The molecule has 5 rings (SSSR count). The number of carbonyl (C=O) groups excluding carboxylic acids is 1. The number of aromatic nitrogens is 4. The van der Waals surface area contributed by atoms with Crippen LogP contribution in [0.2, 0.25) is 0 Å². The van der Waals surface area contributed by atoms with Crippen LogP contribution >= 0.6 is 0 Å². The van der Waals surface area contributed by atoms with Crippen LogP contribution in [0.4, 0.5) is 0 Å². The molecule has 0 saturated heterocycles. The van der Waals surface area contributed by atoms with Crippen molar-refractivity contribution in [3.05, 3.63) is 77.7 Å². The van der Waals surface area contributed by atoms with E-state index in [1.54, 1.807) is 12.4 Å². The Bertz CT molecular complexity index is 1150. The Balaban J connectivity index is 1.39. The fourth-order valence-corrected chi connectivity index (χ4v) is 3.80. The van der Waals surface area contributed by atoms with Crippen molar-refractivity contribution in [3.63, 3.8) is 0 Å². The molecule has 138 valence electrons. The Kier molecular flexibility index (Phi) is 4.09. The summed E-state index contributed by atoms with van der Waals surface area (Å²) in [5.41, 5.74) is 6.62. The lowest BCUT2D eigenvalue weighted by Gasteiger charge is -2.20. The van der Waals surface area contributed by atoms with Crippen molar-refractivity contribution in [3.8, 4) is 11.3 Å². The average molecular weight is 369 g/mol. The number of fused-ring (bicyclic) bond motifs is 2. The summed E-state index contributed by atoms with van der Waals surface area (Å²) in [7, 11) is 0. The first-order chi connectivity index (χ1) is 13.8. The van der Waals surface area contributed by atoms with Gasteiger partial charge in [0.2, 0.25) is 0 Å². The Labute approximate surface area is 162 Å². The molecule has 0 radical (unpaired) electrons. The number of nitrogens with one attached hydrogen (secondary N) is 1. The van der Waals surface area contributed by atoms with Gasteiger partial charge in [0.1, 0.15) is 0 Å². The van der Waals surface area contributed by atoms with E-state index in [1.165, 1.54) is 5.56 Å². The van der Waals surface area contributed by atoms with Crippen molar-refractivity contribution in [2.75, 3.05) is 13.1 Å². The second kappa shape index (κ2) is 6.88. The maximum atomic E-state index is 13.1. The summed E-state index contributed by atoms with van der Waals surface area (Å²) < 4.78 is 0. The number of H-pyrrole nitrogens is 1. The smallest absolute Gasteiger partial charge is 0.253 e. The highest BCUT2D eigenvalue weighted by atomic mass is 16.2. The predicted octanol–water partition coefficient (Wildman–Crippen LogP) is 3.26. The van der Waals surface area contributed by atoms with Gasteiger partial charge in [-0.1, -0.05) is 30.3 Å². The molecule has 1 aliphatic rings. The Morgan fingerprint density at radius 3 is 2.57 bits per heavy atom. The zero-order valence-corrected chi connectivity index (χ0v) is 15.3. The van der Waals surface area contributed by atoms with Crippen molar-refractivity contribution in [1.82, 2.24) is 25.1 Å². The molecule has 1 aliphatic heterocycles. The van der Waals surface area contributed by atoms with Crippen molar-refractivity contribution in [2.45, 2.75) is 12.8 Å². The molecule has 3 heterocycles. The maximum absolute atomic E-state index is 13.1. The van der Waals surface area contributed by atoms with Crippen LogP contribution in [0.1, 0.15) is 21.6 Å². The van der Waals surface area contributed by atoms with Gasteiger partial charge in [0, 0.05) is 54.3 Å². The maximum Gasteiger partial charge on any atom is 0.253 e. The number of aromatic amines is 1. The molecular formula is C22H19N5O. The van der Waals surface area contributed by atoms with Gasteiger partial charge in [-0.15, -0.1) is 0 Å². The SMILES string of the molecule is O=C(c1ccc2nccnc2c1)N1CCc2[nH]nc(-c3ccccc3)c2CC1. The topological polar surface area (TPSA) is 74.8 Å². The van der Waals surface area contributed by atoms with Crippen LogP contribution in [-0.2, 0) is 12.8 Å². The first-order valence-corrected chi connectivity index (χ1v) is 9.41. The molecule has 0 atom stereocenters. The molecular weight excluding hydrogens is 350 g/mol. The molecule has 2 aromatic carbocycles. The first-order valence-electron chi connectivity index (χ1n) is 9.41. The Hall–Kier alpha value is -3.54. The average Bonchev–Trinajstić information content (AvgIpc) is 3.05. The van der Waals surface area contributed by atoms with Crippen molar-refractivity contribution < 1.29 is 4.79 Å². The quantitative estimate of drug-likeness (QED) is 0.588. The molecule has 4 aromatic rings. The minimum Gasteiger partial charge on any atom is -0.338 e. The molecule has 2 aromatic heterocycles. The van der Waals surface area contributed by atoms with Crippen LogP contribution in [0.5, 0.6) is 0 Å². The summed E-state index contributed by atoms with van der Waals surface area (Å²) in [6.45, 7) is 1.34. The lowest BCUT2D eigenvalue weighted by Crippen LogP contribution is -2.33. The van der Waals surface area contributed by atoms with E-state index >= 15 is 0 Å². The minimum absolute atomic E-state index is 0.0342. The number of carbonyl (C=O) groups is 1. The van der Waals surface area contributed by atoms with E-state index in [9.17, 15) is 4.79 Å². The summed E-state index contributed by atoms with van der Waals surface area (Å²) in [5.74, 6) is 0.0342. The van der Waals surface area contributed by atoms with Crippen LogP contribution in [0.15, 0.2) is 60.9 Å². The highest BCUT2D eigenvalue weighted by molar-refractivity contribution is 5.97. The van der Waals surface area contributed by atoms with E-state index in [4.69, 9.17) is 0 Å². The van der Waals surface area contributed by atoms with E-state index in [2.05, 4.69) is 32.3 Å². The molecule has 0 bridgehead atoms. The number of hydrogen-bond acceptors (Lipinski definition) is 4. The molecule has 6 nitrogen and oxygen atoms in total.